The van der Waals surface area contributed by atoms with E-state index in [0.717, 1.165) is 25.7 Å². The number of piperidine rings is 2. The zero-order valence-electron chi connectivity index (χ0n) is 17.4. The minimum Gasteiger partial charge on any atom is -0.365 e. The third kappa shape index (κ3) is 3.34. The lowest BCUT2D eigenvalue weighted by Gasteiger charge is -2.45. The smallest absolute Gasteiger partial charge is 0.245 e. The summed E-state index contributed by atoms with van der Waals surface area (Å²) in [5.74, 6) is 0.227. The van der Waals surface area contributed by atoms with Gasteiger partial charge in [0.25, 0.3) is 0 Å². The predicted molar refractivity (Wildman–Crippen MR) is 108 cm³/mol. The molecule has 5 heteroatoms. The Kier molecular flexibility index (Phi) is 4.98. The molecule has 5 nitrogen and oxygen atoms in total. The number of carbonyl (C=O) groups is 2. The molecular weight excluding hydrogens is 352 g/mol. The molecule has 2 amide bonds. The molecule has 1 aromatic rings. The summed E-state index contributed by atoms with van der Waals surface area (Å²) in [6.45, 7) is 8.93. The van der Waals surface area contributed by atoms with Crippen LogP contribution in [0.3, 0.4) is 0 Å². The van der Waals surface area contributed by atoms with Crippen LogP contribution in [0.1, 0.15) is 64.0 Å². The molecule has 1 spiro atoms. The fourth-order valence-electron chi connectivity index (χ4n) is 5.13. The van der Waals surface area contributed by atoms with Gasteiger partial charge in [0.2, 0.25) is 11.8 Å². The fraction of sp³-hybridized carbons (Fsp3) is 0.652. The Hall–Kier alpha value is -1.88. The van der Waals surface area contributed by atoms with Gasteiger partial charge in [-0.2, -0.15) is 0 Å². The fourth-order valence-corrected chi connectivity index (χ4v) is 5.13. The molecule has 0 bridgehead atoms. The Bertz CT molecular complexity index is 759. The van der Waals surface area contributed by atoms with Crippen LogP contribution in [-0.4, -0.2) is 47.3 Å². The Morgan fingerprint density at radius 2 is 1.82 bits per heavy atom. The van der Waals surface area contributed by atoms with Gasteiger partial charge in [0.05, 0.1) is 12.2 Å². The summed E-state index contributed by atoms with van der Waals surface area (Å²) in [6, 6.07) is 8.06. The Balaban J connectivity index is 1.50. The van der Waals surface area contributed by atoms with Gasteiger partial charge >= 0.3 is 0 Å². The van der Waals surface area contributed by atoms with Crippen molar-refractivity contribution in [1.29, 1.82) is 0 Å². The Labute approximate surface area is 168 Å². The number of rotatable bonds is 2. The lowest BCUT2D eigenvalue weighted by molar-refractivity contribution is -0.156. The van der Waals surface area contributed by atoms with E-state index in [1.54, 1.807) is 0 Å². The molecule has 0 radical (unpaired) electrons. The monoisotopic (exact) mass is 384 g/mol. The van der Waals surface area contributed by atoms with E-state index >= 15 is 0 Å². The Morgan fingerprint density at radius 3 is 2.50 bits per heavy atom. The first-order valence-electron chi connectivity index (χ1n) is 10.6. The van der Waals surface area contributed by atoms with Gasteiger partial charge in [0, 0.05) is 26.1 Å². The average molecular weight is 385 g/mol. The van der Waals surface area contributed by atoms with E-state index in [-0.39, 0.29) is 28.9 Å². The number of likely N-dealkylation sites (tertiary alicyclic amines) is 2. The highest BCUT2D eigenvalue weighted by Gasteiger charge is 2.46. The standard InChI is InChI=1S/C23H32N2O3/c1-22(2,3)20(25-13-7-6-10-19(25)26)21(27)24-14-11-23(12-15-24)18-9-5-4-8-17(18)16-28-23/h4-5,8-9,20H,6-7,10-16H2,1-3H3. The van der Waals surface area contributed by atoms with Crippen molar-refractivity contribution in [2.24, 2.45) is 5.41 Å². The molecule has 1 unspecified atom stereocenters. The highest BCUT2D eigenvalue weighted by atomic mass is 16.5. The molecule has 0 aliphatic carbocycles. The number of benzene rings is 1. The van der Waals surface area contributed by atoms with Gasteiger partial charge in [0.15, 0.2) is 0 Å². The summed E-state index contributed by atoms with van der Waals surface area (Å²) in [5.41, 5.74) is 2.04. The van der Waals surface area contributed by atoms with E-state index in [2.05, 4.69) is 45.0 Å². The summed E-state index contributed by atoms with van der Waals surface area (Å²) in [7, 11) is 0. The predicted octanol–water partition coefficient (Wildman–Crippen LogP) is 3.46. The zero-order valence-corrected chi connectivity index (χ0v) is 17.4. The maximum atomic E-state index is 13.5. The van der Waals surface area contributed by atoms with Crippen LogP contribution in [0.4, 0.5) is 0 Å². The highest BCUT2D eigenvalue weighted by molar-refractivity contribution is 5.88. The molecule has 2 saturated heterocycles. The second kappa shape index (κ2) is 7.18. The maximum Gasteiger partial charge on any atom is 0.245 e. The van der Waals surface area contributed by atoms with Crippen molar-refractivity contribution in [3.8, 4) is 0 Å². The zero-order chi connectivity index (χ0) is 19.9. The molecule has 0 aromatic heterocycles. The summed E-state index contributed by atoms with van der Waals surface area (Å²) in [4.78, 5) is 29.9. The van der Waals surface area contributed by atoms with Crippen LogP contribution < -0.4 is 0 Å². The van der Waals surface area contributed by atoms with Gasteiger partial charge in [0.1, 0.15) is 6.04 Å². The number of ether oxygens (including phenoxy) is 1. The van der Waals surface area contributed by atoms with Crippen LogP contribution in [0.15, 0.2) is 24.3 Å². The van der Waals surface area contributed by atoms with Crippen LogP contribution in [0.5, 0.6) is 0 Å². The molecule has 28 heavy (non-hydrogen) atoms. The topological polar surface area (TPSA) is 49.9 Å². The summed E-state index contributed by atoms with van der Waals surface area (Å²) < 4.78 is 6.24. The first-order chi connectivity index (χ1) is 13.3. The van der Waals surface area contributed by atoms with Crippen molar-refractivity contribution in [3.05, 3.63) is 35.4 Å². The molecule has 3 heterocycles. The van der Waals surface area contributed by atoms with E-state index in [1.165, 1.54) is 11.1 Å². The van der Waals surface area contributed by atoms with Gasteiger partial charge < -0.3 is 14.5 Å². The van der Waals surface area contributed by atoms with Crippen LogP contribution >= 0.6 is 0 Å². The van der Waals surface area contributed by atoms with Crippen molar-refractivity contribution in [2.45, 2.75) is 71.1 Å². The van der Waals surface area contributed by atoms with Gasteiger partial charge in [-0.1, -0.05) is 45.0 Å². The average Bonchev–Trinajstić information content (AvgIpc) is 3.02. The molecule has 4 rings (SSSR count). The number of nitrogens with zero attached hydrogens (tertiary/aromatic N) is 2. The van der Waals surface area contributed by atoms with Crippen molar-refractivity contribution < 1.29 is 14.3 Å². The van der Waals surface area contributed by atoms with Gasteiger partial charge in [-0.05, 0) is 42.2 Å². The second-order valence-corrected chi connectivity index (χ2v) is 9.58. The van der Waals surface area contributed by atoms with Gasteiger partial charge in [-0.15, -0.1) is 0 Å². The molecular formula is C23H32N2O3. The number of amides is 2. The van der Waals surface area contributed by atoms with Crippen LogP contribution in [0.25, 0.3) is 0 Å². The van der Waals surface area contributed by atoms with Crippen molar-refractivity contribution in [1.82, 2.24) is 9.80 Å². The maximum absolute atomic E-state index is 13.5. The van der Waals surface area contributed by atoms with Crippen molar-refractivity contribution in [2.75, 3.05) is 19.6 Å². The third-order valence-electron chi connectivity index (χ3n) is 6.62. The summed E-state index contributed by atoms with van der Waals surface area (Å²) >= 11 is 0. The molecule has 0 saturated carbocycles. The summed E-state index contributed by atoms with van der Waals surface area (Å²) in [5, 5.41) is 0. The van der Waals surface area contributed by atoms with E-state index in [4.69, 9.17) is 4.74 Å². The van der Waals surface area contributed by atoms with Crippen molar-refractivity contribution in [3.63, 3.8) is 0 Å². The summed E-state index contributed by atoms with van der Waals surface area (Å²) in [6.07, 6.45) is 4.12. The molecule has 1 aromatic carbocycles. The highest BCUT2D eigenvalue weighted by Crippen LogP contribution is 2.44. The van der Waals surface area contributed by atoms with E-state index in [9.17, 15) is 9.59 Å². The molecule has 1 atom stereocenters. The quantitative estimate of drug-likeness (QED) is 0.785. The molecule has 2 fully saturated rings. The number of hydrogen-bond donors (Lipinski definition) is 0. The number of fused-ring (bicyclic) bond motifs is 2. The molecule has 0 N–H and O–H groups in total. The van der Waals surface area contributed by atoms with Gasteiger partial charge in [-0.25, -0.2) is 0 Å². The van der Waals surface area contributed by atoms with E-state index < -0.39 is 0 Å². The lowest BCUT2D eigenvalue weighted by atomic mass is 9.81. The first kappa shape index (κ1) is 19.4. The first-order valence-corrected chi connectivity index (χ1v) is 10.6. The van der Waals surface area contributed by atoms with Crippen molar-refractivity contribution >= 4 is 11.8 Å². The third-order valence-corrected chi connectivity index (χ3v) is 6.62. The van der Waals surface area contributed by atoms with E-state index in [0.29, 0.717) is 32.7 Å². The van der Waals surface area contributed by atoms with E-state index in [1.807, 2.05) is 9.80 Å². The largest absolute Gasteiger partial charge is 0.365 e. The number of carbonyl (C=O) groups excluding carboxylic acids is 2. The minimum absolute atomic E-state index is 0.101. The van der Waals surface area contributed by atoms with Crippen LogP contribution in [0, 0.1) is 5.41 Å². The number of hydrogen-bond acceptors (Lipinski definition) is 3. The lowest BCUT2D eigenvalue weighted by Crippen LogP contribution is -2.59. The van der Waals surface area contributed by atoms with Crippen LogP contribution in [0.2, 0.25) is 0 Å². The van der Waals surface area contributed by atoms with Crippen LogP contribution in [-0.2, 0) is 26.5 Å². The Morgan fingerprint density at radius 1 is 1.11 bits per heavy atom. The molecule has 3 aliphatic heterocycles. The normalized spacial score (nSPS) is 23.0. The van der Waals surface area contributed by atoms with Gasteiger partial charge in [-0.3, -0.25) is 9.59 Å². The second-order valence-electron chi connectivity index (χ2n) is 9.58. The molecule has 3 aliphatic rings. The molecule has 152 valence electrons. The minimum atomic E-state index is -0.383. The SMILES string of the molecule is CC(C)(C)C(C(=O)N1CCC2(CC1)OCc1ccccc12)N1CCCCC1=O.